The Kier molecular flexibility index (Phi) is 63.4. The first kappa shape index (κ1) is 73.3. The van der Waals surface area contributed by atoms with Crippen LogP contribution in [0.3, 0.4) is 0 Å². The molecule has 0 fully saturated rings. The molecular formula is C69H133NO5. The molecule has 0 bridgehead atoms. The second-order valence-corrected chi connectivity index (χ2v) is 23.5. The van der Waals surface area contributed by atoms with Crippen molar-refractivity contribution in [1.29, 1.82) is 0 Å². The summed E-state index contributed by atoms with van der Waals surface area (Å²) >= 11 is 0. The highest BCUT2D eigenvalue weighted by atomic mass is 16.5. The van der Waals surface area contributed by atoms with Crippen molar-refractivity contribution in [2.45, 2.75) is 392 Å². The van der Waals surface area contributed by atoms with Gasteiger partial charge >= 0.3 is 5.97 Å². The van der Waals surface area contributed by atoms with Crippen LogP contribution in [0.15, 0.2) is 24.3 Å². The first-order chi connectivity index (χ1) is 37.0. The van der Waals surface area contributed by atoms with Crippen LogP contribution in [0.25, 0.3) is 0 Å². The zero-order chi connectivity index (χ0) is 54.3. The van der Waals surface area contributed by atoms with Crippen LogP contribution >= 0.6 is 0 Å². The van der Waals surface area contributed by atoms with Crippen molar-refractivity contribution in [3.05, 3.63) is 24.3 Å². The maximum atomic E-state index is 12.5. The van der Waals surface area contributed by atoms with Crippen molar-refractivity contribution in [2.24, 2.45) is 0 Å². The van der Waals surface area contributed by atoms with Gasteiger partial charge in [0.1, 0.15) is 0 Å². The molecule has 75 heavy (non-hydrogen) atoms. The quantitative estimate of drug-likeness (QED) is 0.0320. The van der Waals surface area contributed by atoms with E-state index in [4.69, 9.17) is 4.74 Å². The van der Waals surface area contributed by atoms with Crippen molar-refractivity contribution in [3.63, 3.8) is 0 Å². The molecule has 0 aromatic carbocycles. The third-order valence-electron chi connectivity index (χ3n) is 16.0. The van der Waals surface area contributed by atoms with Gasteiger partial charge in [-0.15, -0.1) is 0 Å². The predicted octanol–water partition coefficient (Wildman–Crippen LogP) is 21.8. The lowest BCUT2D eigenvalue weighted by Crippen LogP contribution is -2.45. The third-order valence-corrected chi connectivity index (χ3v) is 16.0. The average molecular weight is 1060 g/mol. The molecule has 0 rings (SSSR count). The van der Waals surface area contributed by atoms with E-state index in [0.717, 1.165) is 44.9 Å². The van der Waals surface area contributed by atoms with E-state index in [-0.39, 0.29) is 18.5 Å². The number of nitrogens with one attached hydrogen (secondary N) is 1. The molecule has 0 aliphatic carbocycles. The number of aliphatic hydroxyl groups is 2. The van der Waals surface area contributed by atoms with Crippen LogP contribution < -0.4 is 5.32 Å². The topological polar surface area (TPSA) is 95.9 Å². The van der Waals surface area contributed by atoms with Gasteiger partial charge in [-0.25, -0.2) is 0 Å². The van der Waals surface area contributed by atoms with Crippen molar-refractivity contribution >= 4 is 11.9 Å². The average Bonchev–Trinajstić information content (AvgIpc) is 3.41. The molecule has 0 aliphatic rings. The number of hydrogen-bond acceptors (Lipinski definition) is 5. The third kappa shape index (κ3) is 61.4. The van der Waals surface area contributed by atoms with Crippen molar-refractivity contribution < 1.29 is 24.5 Å². The number of ether oxygens (including phenoxy) is 1. The summed E-state index contributed by atoms with van der Waals surface area (Å²) in [6.07, 6.45) is 80.9. The highest BCUT2D eigenvalue weighted by Crippen LogP contribution is 2.18. The molecular weight excluding hydrogens is 923 g/mol. The van der Waals surface area contributed by atoms with E-state index in [2.05, 4.69) is 43.5 Å². The number of aliphatic hydroxyl groups excluding tert-OH is 2. The molecule has 0 aromatic rings. The van der Waals surface area contributed by atoms with Crippen LogP contribution in [0.2, 0.25) is 0 Å². The highest BCUT2D eigenvalue weighted by Gasteiger charge is 2.20. The van der Waals surface area contributed by atoms with Crippen LogP contribution in [-0.4, -0.2) is 47.4 Å². The van der Waals surface area contributed by atoms with E-state index in [9.17, 15) is 19.8 Å². The largest absolute Gasteiger partial charge is 0.466 e. The predicted molar refractivity (Wildman–Crippen MR) is 329 cm³/mol. The molecule has 6 nitrogen and oxygen atoms in total. The number of carbonyl (C=O) groups is 2. The van der Waals surface area contributed by atoms with Gasteiger partial charge in [-0.05, 0) is 77.0 Å². The molecule has 0 saturated carbocycles. The first-order valence-corrected chi connectivity index (χ1v) is 34.1. The van der Waals surface area contributed by atoms with Gasteiger partial charge in [-0.3, -0.25) is 9.59 Å². The fraction of sp³-hybridized carbons (Fsp3) is 0.913. The van der Waals surface area contributed by atoms with Gasteiger partial charge in [-0.2, -0.15) is 0 Å². The molecule has 2 atom stereocenters. The molecule has 0 saturated heterocycles. The second kappa shape index (κ2) is 64.9. The molecule has 0 heterocycles. The fourth-order valence-corrected chi connectivity index (χ4v) is 10.7. The summed E-state index contributed by atoms with van der Waals surface area (Å²) in [5.41, 5.74) is 0. The summed E-state index contributed by atoms with van der Waals surface area (Å²) in [4.78, 5) is 24.5. The van der Waals surface area contributed by atoms with Crippen LogP contribution in [0.4, 0.5) is 0 Å². The molecule has 1 amide bonds. The zero-order valence-electron chi connectivity index (χ0n) is 50.8. The Morgan fingerprint density at radius 3 is 0.960 bits per heavy atom. The lowest BCUT2D eigenvalue weighted by atomic mass is 10.0. The Morgan fingerprint density at radius 1 is 0.360 bits per heavy atom. The monoisotopic (exact) mass is 1060 g/mol. The fourth-order valence-electron chi connectivity index (χ4n) is 10.7. The lowest BCUT2D eigenvalue weighted by Gasteiger charge is -2.22. The van der Waals surface area contributed by atoms with E-state index in [1.54, 1.807) is 0 Å². The number of esters is 1. The van der Waals surface area contributed by atoms with Crippen molar-refractivity contribution in [1.82, 2.24) is 5.32 Å². The van der Waals surface area contributed by atoms with Gasteiger partial charge in [0.15, 0.2) is 0 Å². The van der Waals surface area contributed by atoms with Gasteiger partial charge in [-0.1, -0.05) is 314 Å². The summed E-state index contributed by atoms with van der Waals surface area (Å²) in [6.45, 7) is 4.95. The molecule has 0 aliphatic heterocycles. The smallest absolute Gasteiger partial charge is 0.305 e. The van der Waals surface area contributed by atoms with E-state index >= 15 is 0 Å². The van der Waals surface area contributed by atoms with Gasteiger partial charge < -0.3 is 20.3 Å². The standard InChI is InChI=1S/C69H133NO5/c1-3-5-7-9-11-13-15-38-43-47-51-55-59-63-69(74)75-64-60-56-52-48-44-40-37-35-33-31-29-27-25-23-21-19-17-18-20-22-24-26-28-30-32-34-36-39-42-46-50-54-58-62-68(73)70-66(65-71)67(72)61-57-53-49-45-41-16-14-12-10-8-6-4-2/h13,15,21,23,66-67,71-72H,3-12,14,16-20,22,24-65H2,1-2H3,(H,70,73)/b15-13-,23-21-. The number of amides is 1. The van der Waals surface area contributed by atoms with Crippen LogP contribution in [0.1, 0.15) is 380 Å². The maximum absolute atomic E-state index is 12.5. The van der Waals surface area contributed by atoms with Crippen molar-refractivity contribution in [3.8, 4) is 0 Å². The Balaban J connectivity index is 3.33. The number of rotatable bonds is 64. The number of carbonyl (C=O) groups excluding carboxylic acids is 2. The molecule has 6 heteroatoms. The Hall–Kier alpha value is -1.66. The maximum Gasteiger partial charge on any atom is 0.305 e. The lowest BCUT2D eigenvalue weighted by molar-refractivity contribution is -0.143. The minimum absolute atomic E-state index is 0.00976. The normalized spacial score (nSPS) is 12.6. The van der Waals surface area contributed by atoms with Gasteiger partial charge in [0.25, 0.3) is 0 Å². The minimum atomic E-state index is -0.660. The molecule has 2 unspecified atom stereocenters. The Labute approximate surface area is 469 Å². The first-order valence-electron chi connectivity index (χ1n) is 34.1. The van der Waals surface area contributed by atoms with E-state index in [1.165, 1.54) is 302 Å². The summed E-state index contributed by atoms with van der Waals surface area (Å²) < 4.78 is 5.48. The summed E-state index contributed by atoms with van der Waals surface area (Å²) in [7, 11) is 0. The second-order valence-electron chi connectivity index (χ2n) is 23.5. The van der Waals surface area contributed by atoms with Crippen LogP contribution in [-0.2, 0) is 14.3 Å². The summed E-state index contributed by atoms with van der Waals surface area (Å²) in [6, 6.07) is -0.537. The minimum Gasteiger partial charge on any atom is -0.466 e. The van der Waals surface area contributed by atoms with E-state index in [1.807, 2.05) is 0 Å². The number of unbranched alkanes of at least 4 members (excludes halogenated alkanes) is 49. The summed E-state index contributed by atoms with van der Waals surface area (Å²) in [5.74, 6) is -0.0208. The van der Waals surface area contributed by atoms with E-state index in [0.29, 0.717) is 25.9 Å². The van der Waals surface area contributed by atoms with Crippen molar-refractivity contribution in [2.75, 3.05) is 13.2 Å². The Morgan fingerprint density at radius 2 is 0.627 bits per heavy atom. The number of allylic oxidation sites excluding steroid dienone is 4. The molecule has 0 radical (unpaired) electrons. The highest BCUT2D eigenvalue weighted by molar-refractivity contribution is 5.76. The number of hydrogen-bond donors (Lipinski definition) is 3. The van der Waals surface area contributed by atoms with Gasteiger partial charge in [0.05, 0.1) is 25.4 Å². The molecule has 0 spiro atoms. The molecule has 444 valence electrons. The molecule has 0 aromatic heterocycles. The van der Waals surface area contributed by atoms with Gasteiger partial charge in [0, 0.05) is 12.8 Å². The van der Waals surface area contributed by atoms with E-state index < -0.39 is 12.1 Å². The van der Waals surface area contributed by atoms with Crippen LogP contribution in [0.5, 0.6) is 0 Å². The Bertz CT molecular complexity index is 1170. The van der Waals surface area contributed by atoms with Gasteiger partial charge in [0.2, 0.25) is 5.91 Å². The molecule has 3 N–H and O–H groups in total. The van der Waals surface area contributed by atoms with Crippen LogP contribution in [0, 0.1) is 0 Å². The SMILES string of the molecule is CCCCCC/C=C\CCCCCCCC(=O)OCCCCCCCCCCCCCC/C=C\CCCCCCCCCCCCCCCCCCCC(=O)NC(CO)C(O)CCCCCCCCCCCCCC. The zero-order valence-corrected chi connectivity index (χ0v) is 50.8. The summed E-state index contributed by atoms with van der Waals surface area (Å²) in [5, 5.41) is 23.2.